The zero-order valence-electron chi connectivity index (χ0n) is 20.1. The van der Waals surface area contributed by atoms with Crippen LogP contribution in [0.25, 0.3) is 6.08 Å². The molecule has 0 radical (unpaired) electrons. The average Bonchev–Trinajstić information content (AvgIpc) is 3.24. The van der Waals surface area contributed by atoms with Crippen LogP contribution in [0.15, 0.2) is 50.9 Å². The third kappa shape index (κ3) is 6.42. The number of hydrogen-bond acceptors (Lipinski definition) is 6. The van der Waals surface area contributed by atoms with E-state index in [0.717, 1.165) is 46.2 Å². The van der Waals surface area contributed by atoms with E-state index in [2.05, 4.69) is 43.2 Å². The van der Waals surface area contributed by atoms with Crippen molar-refractivity contribution in [2.24, 2.45) is 0 Å². The number of ether oxygens (including phenoxy) is 2. The molecule has 0 spiro atoms. The average molecular weight is 641 g/mol. The standard InChI is InChI=1S/C28H23Br2N3O3S/c1-2-35-24-13-18(12-23(30)26(24)36-16-17-7-9-20(29)10-8-17)11-19(14-31)27(34)33-28-22(15-32)21-5-3-4-6-25(21)37-28/h7-13H,2-6,16H2,1H3,(H,33,34)/b19-11+. The highest BCUT2D eigenvalue weighted by molar-refractivity contribution is 9.10. The van der Waals surface area contributed by atoms with Gasteiger partial charge in [-0.1, -0.05) is 28.1 Å². The molecule has 1 aliphatic carbocycles. The minimum Gasteiger partial charge on any atom is -0.490 e. The summed E-state index contributed by atoms with van der Waals surface area (Å²) in [5.74, 6) is 0.477. The van der Waals surface area contributed by atoms with Gasteiger partial charge in [0.25, 0.3) is 5.91 Å². The van der Waals surface area contributed by atoms with Crippen LogP contribution in [0.5, 0.6) is 11.5 Å². The van der Waals surface area contributed by atoms with Gasteiger partial charge >= 0.3 is 0 Å². The van der Waals surface area contributed by atoms with Crippen molar-refractivity contribution >= 4 is 60.2 Å². The van der Waals surface area contributed by atoms with Crippen LogP contribution >= 0.6 is 43.2 Å². The Balaban J connectivity index is 1.57. The molecule has 0 fully saturated rings. The van der Waals surface area contributed by atoms with Crippen molar-refractivity contribution in [3.63, 3.8) is 0 Å². The van der Waals surface area contributed by atoms with E-state index in [1.54, 1.807) is 12.1 Å². The topological polar surface area (TPSA) is 95.1 Å². The first-order chi connectivity index (χ1) is 17.9. The predicted octanol–water partition coefficient (Wildman–Crippen LogP) is 7.55. The Hall–Kier alpha value is -3.11. The first-order valence-electron chi connectivity index (χ1n) is 11.7. The summed E-state index contributed by atoms with van der Waals surface area (Å²) in [6.07, 6.45) is 5.37. The summed E-state index contributed by atoms with van der Waals surface area (Å²) < 4.78 is 13.5. The highest BCUT2D eigenvalue weighted by Gasteiger charge is 2.23. The molecule has 6 nitrogen and oxygen atoms in total. The minimum atomic E-state index is -0.553. The number of carbonyl (C=O) groups excluding carboxylic acids is 1. The van der Waals surface area contributed by atoms with Gasteiger partial charge in [-0.3, -0.25) is 4.79 Å². The van der Waals surface area contributed by atoms with Crippen molar-refractivity contribution in [1.82, 2.24) is 0 Å². The van der Waals surface area contributed by atoms with Gasteiger partial charge in [0, 0.05) is 9.35 Å². The summed E-state index contributed by atoms with van der Waals surface area (Å²) in [5, 5.41) is 22.7. The molecule has 4 rings (SSSR count). The highest BCUT2D eigenvalue weighted by Crippen LogP contribution is 2.39. The molecule has 1 aliphatic rings. The number of nitriles is 2. The lowest BCUT2D eigenvalue weighted by Gasteiger charge is -2.15. The van der Waals surface area contributed by atoms with Gasteiger partial charge in [-0.2, -0.15) is 10.5 Å². The Labute approximate surface area is 236 Å². The molecule has 1 N–H and O–H groups in total. The Morgan fingerprint density at radius 2 is 1.89 bits per heavy atom. The number of benzene rings is 2. The Morgan fingerprint density at radius 3 is 2.59 bits per heavy atom. The molecular formula is C28H23Br2N3O3S. The molecule has 0 unspecified atom stereocenters. The molecule has 188 valence electrons. The van der Waals surface area contributed by atoms with Gasteiger partial charge in [0.05, 0.1) is 16.6 Å². The molecule has 3 aromatic rings. The van der Waals surface area contributed by atoms with Crippen LogP contribution in [0, 0.1) is 22.7 Å². The van der Waals surface area contributed by atoms with Crippen molar-refractivity contribution in [3.8, 4) is 23.6 Å². The highest BCUT2D eigenvalue weighted by atomic mass is 79.9. The van der Waals surface area contributed by atoms with Gasteiger partial charge in [-0.25, -0.2) is 0 Å². The molecule has 1 amide bonds. The summed E-state index contributed by atoms with van der Waals surface area (Å²) in [7, 11) is 0. The molecule has 0 aliphatic heterocycles. The van der Waals surface area contributed by atoms with Gasteiger partial charge < -0.3 is 14.8 Å². The molecule has 0 bridgehead atoms. The second-order valence-electron chi connectivity index (χ2n) is 8.33. The van der Waals surface area contributed by atoms with E-state index in [1.807, 2.05) is 37.3 Å². The number of anilines is 1. The first-order valence-corrected chi connectivity index (χ1v) is 14.1. The zero-order valence-corrected chi connectivity index (χ0v) is 24.1. The lowest BCUT2D eigenvalue weighted by molar-refractivity contribution is -0.112. The summed E-state index contributed by atoms with van der Waals surface area (Å²) in [5.41, 5.74) is 3.06. The number of carbonyl (C=O) groups is 1. The number of nitrogens with one attached hydrogen (secondary N) is 1. The van der Waals surface area contributed by atoms with E-state index in [4.69, 9.17) is 9.47 Å². The fourth-order valence-electron chi connectivity index (χ4n) is 4.07. The largest absolute Gasteiger partial charge is 0.490 e. The third-order valence-corrected chi connectivity index (χ3v) is 8.14. The molecule has 37 heavy (non-hydrogen) atoms. The van der Waals surface area contributed by atoms with Gasteiger partial charge in [0.2, 0.25) is 0 Å². The lowest BCUT2D eigenvalue weighted by atomic mass is 9.96. The number of thiophene rings is 1. The van der Waals surface area contributed by atoms with Crippen LogP contribution in [0.3, 0.4) is 0 Å². The van der Waals surface area contributed by atoms with Crippen molar-refractivity contribution in [1.29, 1.82) is 10.5 Å². The van der Waals surface area contributed by atoms with Gasteiger partial charge in [0.1, 0.15) is 29.3 Å². The number of aryl methyl sites for hydroxylation is 1. The molecular weight excluding hydrogens is 618 g/mol. The van der Waals surface area contributed by atoms with Crippen molar-refractivity contribution in [3.05, 3.63) is 78.0 Å². The van der Waals surface area contributed by atoms with Crippen LogP contribution < -0.4 is 14.8 Å². The van der Waals surface area contributed by atoms with Crippen LogP contribution in [0.1, 0.15) is 46.9 Å². The Bertz CT molecular complexity index is 1430. The van der Waals surface area contributed by atoms with E-state index in [-0.39, 0.29) is 5.57 Å². The number of fused-ring (bicyclic) bond motifs is 1. The van der Waals surface area contributed by atoms with Crippen LogP contribution in [0.2, 0.25) is 0 Å². The number of nitrogens with zero attached hydrogens (tertiary/aromatic N) is 2. The molecule has 1 heterocycles. The Kier molecular flexibility index (Phi) is 9.04. The molecule has 2 aromatic carbocycles. The van der Waals surface area contributed by atoms with E-state index in [9.17, 15) is 15.3 Å². The molecule has 9 heteroatoms. The normalized spacial score (nSPS) is 12.7. The van der Waals surface area contributed by atoms with Crippen LogP contribution in [-0.2, 0) is 24.2 Å². The molecule has 1 aromatic heterocycles. The van der Waals surface area contributed by atoms with E-state index >= 15 is 0 Å². The zero-order chi connectivity index (χ0) is 26.4. The summed E-state index contributed by atoms with van der Waals surface area (Å²) in [6.45, 7) is 2.63. The maximum Gasteiger partial charge on any atom is 0.266 e. The van der Waals surface area contributed by atoms with Gasteiger partial charge in [-0.15, -0.1) is 11.3 Å². The summed E-state index contributed by atoms with van der Waals surface area (Å²) in [6, 6.07) is 15.6. The number of rotatable bonds is 8. The maximum absolute atomic E-state index is 13.0. The van der Waals surface area contributed by atoms with E-state index < -0.39 is 5.91 Å². The fourth-order valence-corrected chi connectivity index (χ4v) is 6.14. The second kappa shape index (κ2) is 12.4. The van der Waals surface area contributed by atoms with Gasteiger partial charge in [0.15, 0.2) is 11.5 Å². The Morgan fingerprint density at radius 1 is 1.14 bits per heavy atom. The molecule has 0 saturated heterocycles. The predicted molar refractivity (Wildman–Crippen MR) is 152 cm³/mol. The van der Waals surface area contributed by atoms with Gasteiger partial charge in [-0.05, 0) is 95.6 Å². The summed E-state index contributed by atoms with van der Waals surface area (Å²) in [4.78, 5) is 14.1. The summed E-state index contributed by atoms with van der Waals surface area (Å²) >= 11 is 8.41. The smallest absolute Gasteiger partial charge is 0.266 e. The number of amides is 1. The van der Waals surface area contributed by atoms with Crippen LogP contribution in [0.4, 0.5) is 5.00 Å². The molecule has 0 atom stereocenters. The second-order valence-corrected chi connectivity index (χ2v) is 11.2. The number of hydrogen-bond donors (Lipinski definition) is 1. The molecule has 0 saturated carbocycles. The number of halogens is 2. The monoisotopic (exact) mass is 639 g/mol. The van der Waals surface area contributed by atoms with E-state index in [1.165, 1.54) is 17.4 Å². The maximum atomic E-state index is 13.0. The van der Waals surface area contributed by atoms with Crippen molar-refractivity contribution in [2.75, 3.05) is 11.9 Å². The SMILES string of the molecule is CCOc1cc(/C=C(\C#N)C(=O)Nc2sc3c(c2C#N)CCCC3)cc(Br)c1OCc1ccc(Br)cc1. The minimum absolute atomic E-state index is 0.0758. The lowest BCUT2D eigenvalue weighted by Crippen LogP contribution is -2.13. The fraction of sp³-hybridized carbons (Fsp3) is 0.250. The third-order valence-electron chi connectivity index (χ3n) is 5.81. The van der Waals surface area contributed by atoms with E-state index in [0.29, 0.717) is 45.3 Å². The van der Waals surface area contributed by atoms with Crippen molar-refractivity contribution in [2.45, 2.75) is 39.2 Å². The van der Waals surface area contributed by atoms with Crippen molar-refractivity contribution < 1.29 is 14.3 Å². The first kappa shape index (κ1) is 26.9. The van der Waals surface area contributed by atoms with Crippen LogP contribution in [-0.4, -0.2) is 12.5 Å². The quantitative estimate of drug-likeness (QED) is 0.203.